The van der Waals surface area contributed by atoms with E-state index < -0.39 is 5.82 Å². The van der Waals surface area contributed by atoms with Gasteiger partial charge in [-0.25, -0.2) is 4.39 Å². The summed E-state index contributed by atoms with van der Waals surface area (Å²) in [7, 11) is 0. The predicted molar refractivity (Wildman–Crippen MR) is 72.3 cm³/mol. The van der Waals surface area contributed by atoms with Gasteiger partial charge in [-0.2, -0.15) is 4.98 Å². The maximum absolute atomic E-state index is 13.0. The molecule has 5 nitrogen and oxygen atoms in total. The molecule has 7 heteroatoms. The summed E-state index contributed by atoms with van der Waals surface area (Å²) in [5, 5.41) is 4.03. The number of anilines is 1. The van der Waals surface area contributed by atoms with Crippen LogP contribution >= 0.6 is 11.6 Å². The molecule has 2 heterocycles. The molecule has 0 radical (unpaired) electrons. The standard InChI is InChI=1S/C13H8ClFN4O/c14-11-4-8(15)1-2-10(11)12-18-13(20-19-12)7-3-9(16)6-17-5-7/h1-6H,16H2. The summed E-state index contributed by atoms with van der Waals surface area (Å²) in [4.78, 5) is 8.15. The summed E-state index contributed by atoms with van der Waals surface area (Å²) in [5.41, 5.74) is 7.21. The summed E-state index contributed by atoms with van der Waals surface area (Å²) in [6.45, 7) is 0. The third kappa shape index (κ3) is 2.33. The van der Waals surface area contributed by atoms with Crippen LogP contribution in [0.2, 0.25) is 5.02 Å². The zero-order valence-electron chi connectivity index (χ0n) is 10.0. The number of pyridine rings is 1. The number of nitrogens with two attached hydrogens (primary N) is 1. The first-order valence-corrected chi connectivity index (χ1v) is 6.01. The quantitative estimate of drug-likeness (QED) is 0.784. The number of halogens is 2. The topological polar surface area (TPSA) is 77.8 Å². The first kappa shape index (κ1) is 12.6. The van der Waals surface area contributed by atoms with Gasteiger partial charge in [-0.15, -0.1) is 0 Å². The first-order chi connectivity index (χ1) is 9.63. The van der Waals surface area contributed by atoms with Gasteiger partial charge < -0.3 is 10.3 Å². The van der Waals surface area contributed by atoms with Crippen LogP contribution in [0.15, 0.2) is 41.2 Å². The van der Waals surface area contributed by atoms with E-state index in [1.807, 2.05) is 0 Å². The monoisotopic (exact) mass is 290 g/mol. The Morgan fingerprint density at radius 3 is 2.80 bits per heavy atom. The van der Waals surface area contributed by atoms with Crippen LogP contribution in [0, 0.1) is 5.82 Å². The minimum atomic E-state index is -0.428. The molecule has 0 amide bonds. The van der Waals surface area contributed by atoms with Crippen molar-refractivity contribution in [2.24, 2.45) is 0 Å². The van der Waals surface area contributed by atoms with Crippen LogP contribution in [-0.2, 0) is 0 Å². The van der Waals surface area contributed by atoms with Crippen molar-refractivity contribution in [2.45, 2.75) is 0 Å². The van der Waals surface area contributed by atoms with Crippen molar-refractivity contribution >= 4 is 17.3 Å². The average molecular weight is 291 g/mol. The zero-order chi connectivity index (χ0) is 14.1. The van der Waals surface area contributed by atoms with Crippen molar-refractivity contribution < 1.29 is 8.91 Å². The Morgan fingerprint density at radius 1 is 1.20 bits per heavy atom. The summed E-state index contributed by atoms with van der Waals surface area (Å²) >= 11 is 5.95. The Kier molecular flexibility index (Phi) is 3.08. The minimum absolute atomic E-state index is 0.211. The first-order valence-electron chi connectivity index (χ1n) is 5.63. The lowest BCUT2D eigenvalue weighted by molar-refractivity contribution is 0.432. The molecule has 0 aliphatic rings. The van der Waals surface area contributed by atoms with Gasteiger partial charge in [-0.05, 0) is 24.3 Å². The molecule has 1 aromatic carbocycles. The number of aromatic nitrogens is 3. The van der Waals surface area contributed by atoms with Crippen LogP contribution in [0.3, 0.4) is 0 Å². The molecule has 0 unspecified atom stereocenters. The van der Waals surface area contributed by atoms with Gasteiger partial charge in [-0.1, -0.05) is 16.8 Å². The van der Waals surface area contributed by atoms with Gasteiger partial charge in [0.1, 0.15) is 5.82 Å². The van der Waals surface area contributed by atoms with Crippen molar-refractivity contribution in [3.8, 4) is 22.8 Å². The van der Waals surface area contributed by atoms with E-state index >= 15 is 0 Å². The molecule has 3 aromatic rings. The van der Waals surface area contributed by atoms with Crippen LogP contribution in [0.5, 0.6) is 0 Å². The molecule has 100 valence electrons. The molecule has 0 spiro atoms. The fraction of sp³-hybridized carbons (Fsp3) is 0. The van der Waals surface area contributed by atoms with Gasteiger partial charge in [0, 0.05) is 18.0 Å². The summed E-state index contributed by atoms with van der Waals surface area (Å²) in [5.74, 6) is 0.107. The molecule has 0 bridgehead atoms. The Morgan fingerprint density at radius 2 is 2.05 bits per heavy atom. The molecule has 2 N–H and O–H groups in total. The van der Waals surface area contributed by atoms with E-state index in [2.05, 4.69) is 15.1 Å². The maximum atomic E-state index is 13.0. The van der Waals surface area contributed by atoms with Crippen molar-refractivity contribution in [3.05, 3.63) is 47.5 Å². The SMILES string of the molecule is Nc1cncc(-c2nc(-c3ccc(F)cc3Cl)no2)c1. The minimum Gasteiger partial charge on any atom is -0.397 e. The van der Waals surface area contributed by atoms with Gasteiger partial charge in [0.05, 0.1) is 16.3 Å². The molecule has 0 saturated carbocycles. The normalized spacial score (nSPS) is 10.7. The highest BCUT2D eigenvalue weighted by Gasteiger charge is 2.14. The number of benzene rings is 1. The predicted octanol–water partition coefficient (Wildman–Crippen LogP) is 3.17. The highest BCUT2D eigenvalue weighted by Crippen LogP contribution is 2.28. The fourth-order valence-electron chi connectivity index (χ4n) is 1.70. The smallest absolute Gasteiger partial charge is 0.259 e. The van der Waals surface area contributed by atoms with Crippen LogP contribution in [0.25, 0.3) is 22.8 Å². The number of nitrogen functional groups attached to an aromatic ring is 1. The lowest BCUT2D eigenvalue weighted by Gasteiger charge is -1.98. The summed E-state index contributed by atoms with van der Waals surface area (Å²) < 4.78 is 18.1. The highest BCUT2D eigenvalue weighted by molar-refractivity contribution is 6.33. The van der Waals surface area contributed by atoms with Gasteiger partial charge in [-0.3, -0.25) is 4.98 Å². The molecule has 3 rings (SSSR count). The summed E-state index contributed by atoms with van der Waals surface area (Å²) in [6.07, 6.45) is 3.07. The van der Waals surface area contributed by atoms with Crippen molar-refractivity contribution in [3.63, 3.8) is 0 Å². The lowest BCUT2D eigenvalue weighted by atomic mass is 10.2. The highest BCUT2D eigenvalue weighted by atomic mass is 35.5. The molecule has 0 aliphatic carbocycles. The number of nitrogens with zero attached hydrogens (tertiary/aromatic N) is 3. The summed E-state index contributed by atoms with van der Waals surface area (Å²) in [6, 6.07) is 5.62. The van der Waals surface area contributed by atoms with E-state index in [1.165, 1.54) is 24.4 Å². The molecule has 0 aliphatic heterocycles. The Balaban J connectivity index is 2.02. The lowest BCUT2D eigenvalue weighted by Crippen LogP contribution is -1.88. The van der Waals surface area contributed by atoms with E-state index in [9.17, 15) is 4.39 Å². The molecule has 20 heavy (non-hydrogen) atoms. The fourth-order valence-corrected chi connectivity index (χ4v) is 1.95. The molecular formula is C13H8ClFN4O. The van der Waals surface area contributed by atoms with E-state index in [0.29, 0.717) is 16.8 Å². The molecule has 0 atom stereocenters. The van der Waals surface area contributed by atoms with Crippen molar-refractivity contribution in [1.29, 1.82) is 0 Å². The van der Waals surface area contributed by atoms with Gasteiger partial charge in [0.25, 0.3) is 5.89 Å². The van der Waals surface area contributed by atoms with Gasteiger partial charge >= 0.3 is 0 Å². The second-order valence-electron chi connectivity index (χ2n) is 4.05. The molecule has 0 fully saturated rings. The third-order valence-electron chi connectivity index (χ3n) is 2.60. The van der Waals surface area contributed by atoms with Crippen LogP contribution in [-0.4, -0.2) is 15.1 Å². The average Bonchev–Trinajstić information content (AvgIpc) is 2.88. The number of hydrogen-bond acceptors (Lipinski definition) is 5. The zero-order valence-corrected chi connectivity index (χ0v) is 10.8. The van der Waals surface area contributed by atoms with E-state index in [4.69, 9.17) is 21.9 Å². The van der Waals surface area contributed by atoms with Crippen LogP contribution in [0.1, 0.15) is 0 Å². The Bertz CT molecular complexity index is 775. The molecular weight excluding hydrogens is 283 g/mol. The number of hydrogen-bond donors (Lipinski definition) is 1. The van der Waals surface area contributed by atoms with E-state index in [1.54, 1.807) is 12.3 Å². The van der Waals surface area contributed by atoms with Gasteiger partial charge in [0.15, 0.2) is 0 Å². The van der Waals surface area contributed by atoms with E-state index in [0.717, 1.165) is 0 Å². The number of rotatable bonds is 2. The van der Waals surface area contributed by atoms with Crippen LogP contribution < -0.4 is 5.73 Å². The van der Waals surface area contributed by atoms with E-state index in [-0.39, 0.29) is 16.7 Å². The Hall–Kier alpha value is -2.47. The molecule has 2 aromatic heterocycles. The second-order valence-corrected chi connectivity index (χ2v) is 4.46. The maximum Gasteiger partial charge on any atom is 0.259 e. The van der Waals surface area contributed by atoms with Crippen molar-refractivity contribution in [2.75, 3.05) is 5.73 Å². The van der Waals surface area contributed by atoms with Gasteiger partial charge in [0.2, 0.25) is 5.82 Å². The van der Waals surface area contributed by atoms with Crippen LogP contribution in [0.4, 0.5) is 10.1 Å². The van der Waals surface area contributed by atoms with Crippen molar-refractivity contribution in [1.82, 2.24) is 15.1 Å². The third-order valence-corrected chi connectivity index (χ3v) is 2.92. The Labute approximate surface area is 118 Å². The second kappa shape index (κ2) is 4.90. The largest absolute Gasteiger partial charge is 0.397 e. The molecule has 0 saturated heterocycles.